The third-order valence-electron chi connectivity index (χ3n) is 4.24. The Balaban J connectivity index is 2.30. The number of benzene rings is 2. The highest BCUT2D eigenvalue weighted by Crippen LogP contribution is 2.26. The number of hydrogen-bond acceptors (Lipinski definition) is 2. The van der Waals surface area contributed by atoms with Crippen LogP contribution in [-0.2, 0) is 4.79 Å². The average molecular weight is 332 g/mol. The predicted molar refractivity (Wildman–Crippen MR) is 104 cm³/mol. The monoisotopic (exact) mass is 332 g/mol. The highest BCUT2D eigenvalue weighted by molar-refractivity contribution is 6.12. The summed E-state index contributed by atoms with van der Waals surface area (Å²) in [6.45, 7) is 5.94. The lowest BCUT2D eigenvalue weighted by Gasteiger charge is -2.14. The van der Waals surface area contributed by atoms with Crippen molar-refractivity contribution < 1.29 is 9.59 Å². The number of carbonyl (C=O) groups is 2. The Morgan fingerprint density at radius 2 is 1.68 bits per heavy atom. The zero-order valence-corrected chi connectivity index (χ0v) is 14.7. The largest absolute Gasteiger partial charge is 0.298 e. The van der Waals surface area contributed by atoms with Gasteiger partial charge >= 0.3 is 0 Å². The molecule has 0 bridgehead atoms. The summed E-state index contributed by atoms with van der Waals surface area (Å²) in [5, 5.41) is 0. The maximum absolute atomic E-state index is 12.9. The molecule has 25 heavy (non-hydrogen) atoms. The third-order valence-corrected chi connectivity index (χ3v) is 4.24. The molecule has 2 aromatic carbocycles. The smallest absolute Gasteiger partial charge is 0.164 e. The fraction of sp³-hybridized carbons (Fsp3) is 0.217. The molecule has 0 N–H and O–H groups in total. The number of aldehydes is 1. The summed E-state index contributed by atoms with van der Waals surface area (Å²) in [6.07, 6.45) is 6.66. The normalized spacial score (nSPS) is 12.4. The molecule has 2 aromatic rings. The van der Waals surface area contributed by atoms with E-state index in [1.165, 1.54) is 0 Å². The van der Waals surface area contributed by atoms with Gasteiger partial charge in [0.1, 0.15) is 6.29 Å². The van der Waals surface area contributed by atoms with Gasteiger partial charge in [0.2, 0.25) is 0 Å². The lowest BCUT2D eigenvalue weighted by atomic mass is 9.89. The molecule has 0 amide bonds. The van der Waals surface area contributed by atoms with Gasteiger partial charge in [0.25, 0.3) is 0 Å². The highest BCUT2D eigenvalue weighted by Gasteiger charge is 2.18. The van der Waals surface area contributed by atoms with E-state index in [2.05, 4.69) is 13.5 Å². The van der Waals surface area contributed by atoms with Crippen LogP contribution in [0.25, 0.3) is 5.57 Å². The van der Waals surface area contributed by atoms with Gasteiger partial charge in [0, 0.05) is 23.5 Å². The topological polar surface area (TPSA) is 34.1 Å². The predicted octanol–water partition coefficient (Wildman–Crippen LogP) is 5.61. The zero-order valence-electron chi connectivity index (χ0n) is 14.7. The summed E-state index contributed by atoms with van der Waals surface area (Å²) in [7, 11) is 0. The molecule has 2 rings (SSSR count). The first kappa shape index (κ1) is 18.6. The van der Waals surface area contributed by atoms with E-state index in [-0.39, 0.29) is 11.7 Å². The van der Waals surface area contributed by atoms with Gasteiger partial charge < -0.3 is 0 Å². The molecule has 128 valence electrons. The van der Waals surface area contributed by atoms with Crippen LogP contribution in [0.2, 0.25) is 0 Å². The average Bonchev–Trinajstić information content (AvgIpc) is 2.67. The molecule has 0 aliphatic carbocycles. The van der Waals surface area contributed by atoms with Gasteiger partial charge in [-0.1, -0.05) is 80.1 Å². The second kappa shape index (κ2) is 9.53. The van der Waals surface area contributed by atoms with Gasteiger partial charge in [-0.3, -0.25) is 9.59 Å². The highest BCUT2D eigenvalue weighted by atomic mass is 16.1. The molecular weight excluding hydrogens is 308 g/mol. The molecule has 0 saturated heterocycles. The van der Waals surface area contributed by atoms with Crippen molar-refractivity contribution in [2.24, 2.45) is 0 Å². The van der Waals surface area contributed by atoms with Crippen LogP contribution in [-0.4, -0.2) is 12.1 Å². The molecule has 0 saturated carbocycles. The van der Waals surface area contributed by atoms with Crippen molar-refractivity contribution in [1.29, 1.82) is 0 Å². The fourth-order valence-corrected chi connectivity index (χ4v) is 2.85. The first-order valence-electron chi connectivity index (χ1n) is 8.66. The lowest BCUT2D eigenvalue weighted by molar-refractivity contribution is -0.103. The van der Waals surface area contributed by atoms with E-state index in [0.717, 1.165) is 24.7 Å². The van der Waals surface area contributed by atoms with E-state index in [4.69, 9.17) is 0 Å². The molecule has 1 atom stereocenters. The van der Waals surface area contributed by atoms with Crippen LogP contribution in [0.3, 0.4) is 0 Å². The SMILES string of the molecule is C=CC(CC(=O)c1ccccc1C(C=O)=CCCC)c1ccccc1. The number of hydrogen-bond donors (Lipinski definition) is 0. The van der Waals surface area contributed by atoms with Gasteiger partial charge in [0.15, 0.2) is 5.78 Å². The second-order valence-electron chi connectivity index (χ2n) is 5.99. The Kier molecular flexibility index (Phi) is 7.09. The number of ketones is 1. The summed E-state index contributed by atoms with van der Waals surface area (Å²) in [5.41, 5.74) is 2.97. The number of allylic oxidation sites excluding steroid dienone is 3. The second-order valence-corrected chi connectivity index (χ2v) is 5.99. The molecule has 0 aliphatic rings. The molecule has 0 aliphatic heterocycles. The third kappa shape index (κ3) is 4.87. The van der Waals surface area contributed by atoms with Gasteiger partial charge in [-0.2, -0.15) is 0 Å². The fourth-order valence-electron chi connectivity index (χ4n) is 2.85. The molecule has 0 fully saturated rings. The van der Waals surface area contributed by atoms with Crippen LogP contribution in [0, 0.1) is 0 Å². The molecular formula is C23H24O2. The summed E-state index contributed by atoms with van der Waals surface area (Å²) in [6, 6.07) is 17.2. The Hall–Kier alpha value is -2.74. The Morgan fingerprint density at radius 1 is 1.04 bits per heavy atom. The number of Topliss-reactive ketones (excluding diaryl/α,β-unsaturated/α-hetero) is 1. The molecule has 0 spiro atoms. The first-order valence-corrected chi connectivity index (χ1v) is 8.66. The van der Waals surface area contributed by atoms with Gasteiger partial charge in [-0.15, -0.1) is 6.58 Å². The summed E-state index contributed by atoms with van der Waals surface area (Å²) < 4.78 is 0. The zero-order chi connectivity index (χ0) is 18.1. The molecule has 2 heteroatoms. The van der Waals surface area contributed by atoms with E-state index in [9.17, 15) is 9.59 Å². The maximum Gasteiger partial charge on any atom is 0.164 e. The van der Waals surface area contributed by atoms with Crippen LogP contribution in [0.1, 0.15) is 53.6 Å². The van der Waals surface area contributed by atoms with Crippen LogP contribution < -0.4 is 0 Å². The van der Waals surface area contributed by atoms with E-state index >= 15 is 0 Å². The minimum Gasteiger partial charge on any atom is -0.298 e. The summed E-state index contributed by atoms with van der Waals surface area (Å²) in [5.74, 6) is -0.0188. The Morgan fingerprint density at radius 3 is 2.28 bits per heavy atom. The summed E-state index contributed by atoms with van der Waals surface area (Å²) in [4.78, 5) is 24.4. The van der Waals surface area contributed by atoms with Crippen molar-refractivity contribution in [3.8, 4) is 0 Å². The Bertz CT molecular complexity index is 757. The molecule has 0 radical (unpaired) electrons. The number of rotatable bonds is 9. The number of unbranched alkanes of at least 4 members (excludes halogenated alkanes) is 1. The van der Waals surface area contributed by atoms with Crippen molar-refractivity contribution in [3.05, 3.63) is 90.0 Å². The van der Waals surface area contributed by atoms with E-state index < -0.39 is 0 Å². The van der Waals surface area contributed by atoms with Gasteiger partial charge in [-0.25, -0.2) is 0 Å². The van der Waals surface area contributed by atoms with E-state index in [0.29, 0.717) is 23.1 Å². The van der Waals surface area contributed by atoms with Crippen molar-refractivity contribution in [1.82, 2.24) is 0 Å². The first-order chi connectivity index (χ1) is 12.2. The van der Waals surface area contributed by atoms with Gasteiger partial charge in [-0.05, 0) is 17.5 Å². The van der Waals surface area contributed by atoms with Crippen LogP contribution in [0.5, 0.6) is 0 Å². The van der Waals surface area contributed by atoms with Gasteiger partial charge in [0.05, 0.1) is 0 Å². The van der Waals surface area contributed by atoms with Crippen LogP contribution in [0.4, 0.5) is 0 Å². The standard InChI is InChI=1S/C23H24O2/c1-3-5-11-20(17-24)21-14-9-10-15-22(21)23(25)16-18(4-2)19-12-7-6-8-13-19/h4,6-15,17-18H,2-3,5,16H2,1H3. The molecule has 0 aromatic heterocycles. The van der Waals surface area contributed by atoms with Crippen LogP contribution >= 0.6 is 0 Å². The van der Waals surface area contributed by atoms with E-state index in [1.54, 1.807) is 6.07 Å². The maximum atomic E-state index is 12.9. The van der Waals surface area contributed by atoms with Crippen molar-refractivity contribution in [2.45, 2.75) is 32.1 Å². The molecule has 1 unspecified atom stereocenters. The van der Waals surface area contributed by atoms with E-state index in [1.807, 2.05) is 60.7 Å². The molecule has 0 heterocycles. The minimum absolute atomic E-state index is 0.0219. The number of carbonyl (C=O) groups excluding carboxylic acids is 2. The van der Waals surface area contributed by atoms with Crippen LogP contribution in [0.15, 0.2) is 73.3 Å². The summed E-state index contributed by atoms with van der Waals surface area (Å²) >= 11 is 0. The molecule has 2 nitrogen and oxygen atoms in total. The lowest BCUT2D eigenvalue weighted by Crippen LogP contribution is -2.08. The van der Waals surface area contributed by atoms with Crippen molar-refractivity contribution >= 4 is 17.6 Å². The van der Waals surface area contributed by atoms with Crippen molar-refractivity contribution in [3.63, 3.8) is 0 Å². The quantitative estimate of drug-likeness (QED) is 0.259. The minimum atomic E-state index is -0.0407. The Labute approximate surface area is 149 Å². The van der Waals surface area contributed by atoms with Crippen molar-refractivity contribution in [2.75, 3.05) is 0 Å².